The Labute approximate surface area is 108 Å². The van der Waals surface area contributed by atoms with Crippen LogP contribution in [0.15, 0.2) is 29.2 Å². The van der Waals surface area contributed by atoms with Gasteiger partial charge in [-0.25, -0.2) is 8.42 Å². The Morgan fingerprint density at radius 1 is 1.22 bits per heavy atom. The van der Waals surface area contributed by atoms with Gasteiger partial charge in [-0.1, -0.05) is 32.9 Å². The van der Waals surface area contributed by atoms with E-state index in [-0.39, 0.29) is 16.7 Å². The van der Waals surface area contributed by atoms with E-state index in [1.54, 1.807) is 26.0 Å². The zero-order valence-corrected chi connectivity index (χ0v) is 11.5. The third-order valence-corrected chi connectivity index (χ3v) is 3.74. The third kappa shape index (κ3) is 3.82. The van der Waals surface area contributed by atoms with Gasteiger partial charge in [0.1, 0.15) is 0 Å². The molecule has 18 heavy (non-hydrogen) atoms. The Bertz CT molecular complexity index is 507. The van der Waals surface area contributed by atoms with Crippen molar-refractivity contribution in [1.82, 2.24) is 10.3 Å². The van der Waals surface area contributed by atoms with Crippen LogP contribution in [0.3, 0.4) is 0 Å². The summed E-state index contributed by atoms with van der Waals surface area (Å²) in [7, 11) is -3.70. The van der Waals surface area contributed by atoms with Gasteiger partial charge in [0, 0.05) is 5.92 Å². The number of carbonyl (C=O) groups excluding carboxylic acids is 1. The van der Waals surface area contributed by atoms with Crippen LogP contribution in [0.4, 0.5) is 0 Å². The van der Waals surface area contributed by atoms with Crippen LogP contribution in [0.2, 0.25) is 0 Å². The number of sulfonamides is 1. The fraction of sp³-hybridized carbons (Fsp3) is 0.417. The predicted molar refractivity (Wildman–Crippen MR) is 69.1 cm³/mol. The van der Waals surface area contributed by atoms with Gasteiger partial charge in [-0.2, -0.15) is 0 Å². The zero-order chi connectivity index (χ0) is 13.8. The van der Waals surface area contributed by atoms with Gasteiger partial charge in [-0.15, -0.1) is 4.83 Å². The number of hydrogen-bond acceptors (Lipinski definition) is 3. The molecule has 0 aliphatic rings. The van der Waals surface area contributed by atoms with Gasteiger partial charge in [0.25, 0.3) is 10.0 Å². The van der Waals surface area contributed by atoms with E-state index in [0.717, 1.165) is 12.0 Å². The third-order valence-electron chi connectivity index (χ3n) is 2.47. The second-order valence-corrected chi connectivity index (χ2v) is 5.93. The van der Waals surface area contributed by atoms with Crippen molar-refractivity contribution in [3.8, 4) is 0 Å². The molecular formula is C12H18N2O3S. The van der Waals surface area contributed by atoms with Crippen LogP contribution in [-0.4, -0.2) is 14.3 Å². The predicted octanol–water partition coefficient (Wildman–Crippen LogP) is 1.21. The molecule has 1 aromatic rings. The number of aryl methyl sites for hydroxylation is 1. The summed E-state index contributed by atoms with van der Waals surface area (Å²) in [6.45, 7) is 5.35. The number of benzene rings is 1. The number of hydrogen-bond donors (Lipinski definition) is 2. The molecule has 0 aliphatic heterocycles. The Kier molecular flexibility index (Phi) is 4.86. The largest absolute Gasteiger partial charge is 0.277 e. The maximum absolute atomic E-state index is 11.8. The van der Waals surface area contributed by atoms with Crippen molar-refractivity contribution in [3.63, 3.8) is 0 Å². The number of amides is 1. The minimum absolute atomic E-state index is 0.128. The van der Waals surface area contributed by atoms with Gasteiger partial charge in [0.05, 0.1) is 4.90 Å². The summed E-state index contributed by atoms with van der Waals surface area (Å²) in [6.07, 6.45) is 0.845. The molecule has 0 atom stereocenters. The van der Waals surface area contributed by atoms with Crippen LogP contribution in [0.25, 0.3) is 0 Å². The minimum atomic E-state index is -3.70. The maximum atomic E-state index is 11.8. The fourth-order valence-corrected chi connectivity index (χ4v) is 2.07. The first-order chi connectivity index (χ1) is 8.36. The topological polar surface area (TPSA) is 75.3 Å². The molecular weight excluding hydrogens is 252 g/mol. The van der Waals surface area contributed by atoms with E-state index in [2.05, 4.69) is 10.3 Å². The van der Waals surface area contributed by atoms with E-state index < -0.39 is 10.0 Å². The highest BCUT2D eigenvalue weighted by molar-refractivity contribution is 7.89. The smallest absolute Gasteiger partial charge is 0.257 e. The maximum Gasteiger partial charge on any atom is 0.257 e. The summed E-state index contributed by atoms with van der Waals surface area (Å²) < 4.78 is 23.7. The summed E-state index contributed by atoms with van der Waals surface area (Å²) >= 11 is 0. The van der Waals surface area contributed by atoms with Crippen molar-refractivity contribution in [3.05, 3.63) is 29.8 Å². The van der Waals surface area contributed by atoms with Crippen LogP contribution in [0, 0.1) is 5.92 Å². The van der Waals surface area contributed by atoms with Crippen LogP contribution in [0.5, 0.6) is 0 Å². The Balaban J connectivity index is 2.77. The highest BCUT2D eigenvalue weighted by atomic mass is 32.2. The number of carbonyl (C=O) groups is 1. The van der Waals surface area contributed by atoms with Crippen LogP contribution < -0.4 is 10.3 Å². The highest BCUT2D eigenvalue weighted by Crippen LogP contribution is 2.10. The lowest BCUT2D eigenvalue weighted by Gasteiger charge is -2.10. The molecule has 1 aromatic carbocycles. The fourth-order valence-electron chi connectivity index (χ4n) is 1.23. The average molecular weight is 270 g/mol. The van der Waals surface area contributed by atoms with Crippen molar-refractivity contribution in [2.24, 2.45) is 5.92 Å². The molecule has 0 aromatic heterocycles. The first-order valence-corrected chi connectivity index (χ1v) is 7.25. The molecule has 0 spiro atoms. The molecule has 0 saturated carbocycles. The zero-order valence-electron chi connectivity index (χ0n) is 10.7. The van der Waals surface area contributed by atoms with E-state index in [1.807, 2.05) is 6.92 Å². The Morgan fingerprint density at radius 2 is 1.78 bits per heavy atom. The van der Waals surface area contributed by atoms with Gasteiger partial charge in [0.2, 0.25) is 5.91 Å². The standard InChI is InChI=1S/C12H18N2O3S/c1-4-10-5-7-11(8-6-10)18(16,17)14-13-12(15)9(2)3/h5-9,14H,4H2,1-3H3,(H,13,15). The number of nitrogens with one attached hydrogen (secondary N) is 2. The molecule has 0 unspecified atom stereocenters. The van der Waals surface area contributed by atoms with E-state index in [4.69, 9.17) is 0 Å². The first-order valence-electron chi connectivity index (χ1n) is 5.77. The van der Waals surface area contributed by atoms with E-state index in [0.29, 0.717) is 0 Å². The molecule has 0 heterocycles. The lowest BCUT2D eigenvalue weighted by Crippen LogP contribution is -2.43. The van der Waals surface area contributed by atoms with E-state index in [1.165, 1.54) is 12.1 Å². The average Bonchev–Trinajstić information content (AvgIpc) is 2.36. The quantitative estimate of drug-likeness (QED) is 0.790. The molecule has 0 saturated heterocycles. The molecule has 5 nitrogen and oxygen atoms in total. The van der Waals surface area contributed by atoms with Crippen molar-refractivity contribution < 1.29 is 13.2 Å². The van der Waals surface area contributed by atoms with Crippen LogP contribution in [-0.2, 0) is 21.2 Å². The summed E-state index contributed by atoms with van der Waals surface area (Å²) in [5.74, 6) is -0.654. The van der Waals surface area contributed by atoms with Gasteiger partial charge >= 0.3 is 0 Å². The molecule has 6 heteroatoms. The SMILES string of the molecule is CCc1ccc(S(=O)(=O)NNC(=O)C(C)C)cc1. The highest BCUT2D eigenvalue weighted by Gasteiger charge is 2.15. The lowest BCUT2D eigenvalue weighted by molar-refractivity contribution is -0.124. The normalized spacial score (nSPS) is 11.6. The molecule has 0 aliphatic carbocycles. The van der Waals surface area contributed by atoms with E-state index in [9.17, 15) is 13.2 Å². The van der Waals surface area contributed by atoms with Crippen molar-refractivity contribution in [2.75, 3.05) is 0 Å². The molecule has 0 bridgehead atoms. The van der Waals surface area contributed by atoms with Gasteiger partial charge in [-0.3, -0.25) is 10.2 Å². The molecule has 1 rings (SSSR count). The van der Waals surface area contributed by atoms with Gasteiger partial charge in [0.15, 0.2) is 0 Å². The Morgan fingerprint density at radius 3 is 2.22 bits per heavy atom. The first kappa shape index (κ1) is 14.7. The summed E-state index contributed by atoms with van der Waals surface area (Å²) in [4.78, 5) is 13.5. The summed E-state index contributed by atoms with van der Waals surface area (Å²) in [5.41, 5.74) is 3.23. The van der Waals surface area contributed by atoms with Crippen molar-refractivity contribution >= 4 is 15.9 Å². The number of rotatable bonds is 5. The minimum Gasteiger partial charge on any atom is -0.277 e. The van der Waals surface area contributed by atoms with Crippen molar-refractivity contribution in [2.45, 2.75) is 32.1 Å². The van der Waals surface area contributed by atoms with Crippen LogP contribution in [0.1, 0.15) is 26.3 Å². The monoisotopic (exact) mass is 270 g/mol. The second-order valence-electron chi connectivity index (χ2n) is 4.25. The molecule has 2 N–H and O–H groups in total. The van der Waals surface area contributed by atoms with Crippen molar-refractivity contribution in [1.29, 1.82) is 0 Å². The lowest BCUT2D eigenvalue weighted by atomic mass is 10.2. The van der Waals surface area contributed by atoms with Gasteiger partial charge < -0.3 is 0 Å². The molecule has 0 fully saturated rings. The number of hydrazine groups is 1. The molecule has 0 radical (unpaired) electrons. The Hall–Kier alpha value is -1.40. The molecule has 100 valence electrons. The van der Waals surface area contributed by atoms with Crippen LogP contribution >= 0.6 is 0 Å². The molecule has 1 amide bonds. The summed E-state index contributed by atoms with van der Waals surface area (Å²) in [6, 6.07) is 6.53. The van der Waals surface area contributed by atoms with E-state index >= 15 is 0 Å². The summed E-state index contributed by atoms with van der Waals surface area (Å²) in [5, 5.41) is 0. The van der Waals surface area contributed by atoms with Gasteiger partial charge in [-0.05, 0) is 24.1 Å². The second kappa shape index (κ2) is 5.97.